The molecule has 0 aliphatic carbocycles. The zero-order valence-corrected chi connectivity index (χ0v) is 45.6. The predicted molar refractivity (Wildman–Crippen MR) is 298 cm³/mol. The van der Waals surface area contributed by atoms with Crippen molar-refractivity contribution in [2.75, 3.05) is 13.2 Å². The van der Waals surface area contributed by atoms with Gasteiger partial charge >= 0.3 is 17.9 Å². The van der Waals surface area contributed by atoms with E-state index in [0.717, 1.165) is 83.5 Å². The first-order valence-corrected chi connectivity index (χ1v) is 29.4. The van der Waals surface area contributed by atoms with Gasteiger partial charge in [0.1, 0.15) is 13.2 Å². The Hall–Kier alpha value is -3.15. The quantitative estimate of drug-likeness (QED) is 0.0262. The number of rotatable bonds is 53. The van der Waals surface area contributed by atoms with Crippen molar-refractivity contribution in [2.45, 2.75) is 297 Å². The minimum absolute atomic E-state index is 0.100. The average molecular weight is 964 g/mol. The van der Waals surface area contributed by atoms with E-state index in [4.69, 9.17) is 14.2 Å². The van der Waals surface area contributed by atoms with E-state index < -0.39 is 6.10 Å². The Balaban J connectivity index is 4.48. The van der Waals surface area contributed by atoms with Crippen LogP contribution in [0.25, 0.3) is 0 Å². The lowest BCUT2D eigenvalue weighted by Crippen LogP contribution is -2.30. The van der Waals surface area contributed by atoms with E-state index >= 15 is 0 Å². The fourth-order valence-corrected chi connectivity index (χ4v) is 8.23. The number of carbonyl (C=O) groups is 3. The molecule has 1 atom stereocenters. The van der Waals surface area contributed by atoms with Crippen LogP contribution < -0.4 is 0 Å². The van der Waals surface area contributed by atoms with Crippen molar-refractivity contribution in [2.24, 2.45) is 0 Å². The van der Waals surface area contributed by atoms with E-state index in [2.05, 4.69) is 93.7 Å². The van der Waals surface area contributed by atoms with Gasteiger partial charge in [0.15, 0.2) is 6.10 Å². The summed E-state index contributed by atoms with van der Waals surface area (Å²) in [6.07, 6.45) is 73.2. The van der Waals surface area contributed by atoms with Gasteiger partial charge in [-0.3, -0.25) is 14.4 Å². The lowest BCUT2D eigenvalue weighted by atomic mass is 10.0. The van der Waals surface area contributed by atoms with Gasteiger partial charge in [-0.2, -0.15) is 0 Å². The van der Waals surface area contributed by atoms with Crippen LogP contribution in [0.15, 0.2) is 72.9 Å². The van der Waals surface area contributed by atoms with Crippen molar-refractivity contribution in [3.8, 4) is 0 Å². The van der Waals surface area contributed by atoms with Crippen LogP contribution >= 0.6 is 0 Å². The van der Waals surface area contributed by atoms with Crippen LogP contribution in [0, 0.1) is 0 Å². The van der Waals surface area contributed by atoms with Crippen LogP contribution in [-0.4, -0.2) is 37.2 Å². The SMILES string of the molecule is CCCCC/C=C\C/C=C\C/C=C\CCCCCCC(=O)OC[C@H](COC(=O)CCCCCCCCCCCCCCCCCCC)OC(=O)CCC/C=C\C/C=C\C/C=C\CCCCCCCC. The maximum absolute atomic E-state index is 12.8. The highest BCUT2D eigenvalue weighted by Gasteiger charge is 2.19. The molecule has 0 saturated carbocycles. The molecular weight excluding hydrogens is 853 g/mol. The summed E-state index contributed by atoms with van der Waals surface area (Å²) >= 11 is 0. The van der Waals surface area contributed by atoms with Crippen LogP contribution in [-0.2, 0) is 28.6 Å². The van der Waals surface area contributed by atoms with Gasteiger partial charge in [0.05, 0.1) is 0 Å². The summed E-state index contributed by atoms with van der Waals surface area (Å²) in [6.45, 7) is 6.57. The number of carbonyl (C=O) groups excluding carboxylic acids is 3. The second-order valence-electron chi connectivity index (χ2n) is 19.6. The maximum atomic E-state index is 12.8. The molecule has 6 heteroatoms. The highest BCUT2D eigenvalue weighted by atomic mass is 16.6. The summed E-state index contributed by atoms with van der Waals surface area (Å²) in [5.41, 5.74) is 0. The first-order chi connectivity index (χ1) is 34.0. The molecule has 0 saturated heterocycles. The minimum Gasteiger partial charge on any atom is -0.462 e. The Labute approximate surface area is 427 Å². The van der Waals surface area contributed by atoms with Crippen molar-refractivity contribution >= 4 is 17.9 Å². The smallest absolute Gasteiger partial charge is 0.306 e. The summed E-state index contributed by atoms with van der Waals surface area (Å²) < 4.78 is 16.8. The van der Waals surface area contributed by atoms with Crippen molar-refractivity contribution in [1.82, 2.24) is 0 Å². The van der Waals surface area contributed by atoms with E-state index in [1.165, 1.54) is 161 Å². The van der Waals surface area contributed by atoms with Crippen molar-refractivity contribution in [1.29, 1.82) is 0 Å². The van der Waals surface area contributed by atoms with E-state index in [1.54, 1.807) is 0 Å². The molecule has 0 aromatic rings. The second kappa shape index (κ2) is 57.4. The van der Waals surface area contributed by atoms with Gasteiger partial charge in [-0.1, -0.05) is 254 Å². The normalized spacial score (nSPS) is 12.6. The van der Waals surface area contributed by atoms with Gasteiger partial charge in [0.2, 0.25) is 0 Å². The molecule has 0 amide bonds. The molecule has 0 aliphatic rings. The molecule has 0 unspecified atom stereocenters. The lowest BCUT2D eigenvalue weighted by Gasteiger charge is -2.18. The number of hydrogen-bond donors (Lipinski definition) is 0. The Morgan fingerprint density at radius 2 is 0.536 bits per heavy atom. The molecule has 0 fully saturated rings. The third-order valence-corrected chi connectivity index (χ3v) is 12.7. The molecule has 0 rings (SSSR count). The highest BCUT2D eigenvalue weighted by Crippen LogP contribution is 2.16. The number of hydrogen-bond acceptors (Lipinski definition) is 6. The molecule has 0 spiro atoms. The molecule has 0 radical (unpaired) electrons. The van der Waals surface area contributed by atoms with Crippen LogP contribution in [0.1, 0.15) is 290 Å². The first kappa shape index (κ1) is 65.8. The van der Waals surface area contributed by atoms with Crippen LogP contribution in [0.4, 0.5) is 0 Å². The predicted octanol–water partition coefficient (Wildman–Crippen LogP) is 19.8. The zero-order chi connectivity index (χ0) is 50.0. The number of allylic oxidation sites excluding steroid dienone is 12. The fraction of sp³-hybridized carbons (Fsp3) is 0.762. The standard InChI is InChI=1S/C63H110O6/c1-4-7-10-13-16-19-22-25-28-31-34-37-40-43-46-49-52-55-61(64)67-58-60(69-63(66)57-54-51-48-45-42-39-36-33-30-27-24-21-18-15-12-9-6-3)59-68-62(65)56-53-50-47-44-41-38-35-32-29-26-23-20-17-14-11-8-5-2/h16,19,25,27-28,30,34,36-37,39,45,48,60H,4-15,17-18,20-24,26,29,31-33,35,38,40-44,46-47,49-59H2,1-3H3/b19-16-,28-25-,30-27-,37-34-,39-36-,48-45-/t60-/m1/s1. The lowest BCUT2D eigenvalue weighted by molar-refractivity contribution is -0.167. The zero-order valence-electron chi connectivity index (χ0n) is 45.6. The van der Waals surface area contributed by atoms with E-state index in [1.807, 2.05) is 0 Å². The average Bonchev–Trinajstić information content (AvgIpc) is 3.35. The van der Waals surface area contributed by atoms with Crippen molar-refractivity contribution < 1.29 is 28.6 Å². The summed E-state index contributed by atoms with van der Waals surface area (Å²) in [5, 5.41) is 0. The van der Waals surface area contributed by atoms with Gasteiger partial charge in [-0.05, 0) is 89.9 Å². The van der Waals surface area contributed by atoms with Gasteiger partial charge in [-0.25, -0.2) is 0 Å². The topological polar surface area (TPSA) is 78.9 Å². The summed E-state index contributed by atoms with van der Waals surface area (Å²) in [5.74, 6) is -0.965. The third kappa shape index (κ3) is 55.6. The number of unbranched alkanes of at least 4 members (excludes halogenated alkanes) is 30. The summed E-state index contributed by atoms with van der Waals surface area (Å²) in [4.78, 5) is 38.2. The molecule has 0 bridgehead atoms. The third-order valence-electron chi connectivity index (χ3n) is 12.7. The molecule has 6 nitrogen and oxygen atoms in total. The molecule has 0 N–H and O–H groups in total. The first-order valence-electron chi connectivity index (χ1n) is 29.4. The van der Waals surface area contributed by atoms with Gasteiger partial charge in [-0.15, -0.1) is 0 Å². The molecular formula is C63H110O6. The highest BCUT2D eigenvalue weighted by molar-refractivity contribution is 5.71. The van der Waals surface area contributed by atoms with Crippen LogP contribution in [0.5, 0.6) is 0 Å². The van der Waals surface area contributed by atoms with Gasteiger partial charge in [0.25, 0.3) is 0 Å². The molecule has 398 valence electrons. The Morgan fingerprint density at radius 1 is 0.290 bits per heavy atom. The summed E-state index contributed by atoms with van der Waals surface area (Å²) in [7, 11) is 0. The van der Waals surface area contributed by atoms with Crippen molar-refractivity contribution in [3.63, 3.8) is 0 Å². The van der Waals surface area contributed by atoms with E-state index in [0.29, 0.717) is 19.3 Å². The van der Waals surface area contributed by atoms with E-state index in [-0.39, 0.29) is 37.5 Å². The molecule has 69 heavy (non-hydrogen) atoms. The molecule has 0 aliphatic heterocycles. The molecule has 0 aromatic carbocycles. The Bertz CT molecular complexity index is 1290. The van der Waals surface area contributed by atoms with E-state index in [9.17, 15) is 14.4 Å². The maximum Gasteiger partial charge on any atom is 0.306 e. The Kier molecular flexibility index (Phi) is 54.8. The number of esters is 3. The number of ether oxygens (including phenoxy) is 3. The monoisotopic (exact) mass is 963 g/mol. The van der Waals surface area contributed by atoms with Crippen LogP contribution in [0.3, 0.4) is 0 Å². The molecule has 0 heterocycles. The Morgan fingerprint density at radius 3 is 0.884 bits per heavy atom. The van der Waals surface area contributed by atoms with Gasteiger partial charge < -0.3 is 14.2 Å². The minimum atomic E-state index is -0.810. The van der Waals surface area contributed by atoms with Gasteiger partial charge in [0, 0.05) is 19.3 Å². The fourth-order valence-electron chi connectivity index (χ4n) is 8.23. The summed E-state index contributed by atoms with van der Waals surface area (Å²) in [6, 6.07) is 0. The molecule has 0 aromatic heterocycles. The second-order valence-corrected chi connectivity index (χ2v) is 19.6. The van der Waals surface area contributed by atoms with Crippen molar-refractivity contribution in [3.05, 3.63) is 72.9 Å². The largest absolute Gasteiger partial charge is 0.462 e. The van der Waals surface area contributed by atoms with Crippen LogP contribution in [0.2, 0.25) is 0 Å².